The molecule has 2 aromatic rings. The smallest absolute Gasteiger partial charge is 0.252 e. The van der Waals surface area contributed by atoms with Crippen LogP contribution in [0.2, 0.25) is 5.02 Å². The lowest BCUT2D eigenvalue weighted by Crippen LogP contribution is -2.40. The van der Waals surface area contributed by atoms with E-state index in [2.05, 4.69) is 10.3 Å². The maximum absolute atomic E-state index is 12.6. The van der Waals surface area contributed by atoms with Gasteiger partial charge in [0.05, 0.1) is 28.8 Å². The summed E-state index contributed by atoms with van der Waals surface area (Å²) in [5.41, 5.74) is 2.07. The molecule has 4 nitrogen and oxygen atoms in total. The molecule has 0 spiro atoms. The number of hydrogen-bond donors (Lipinski definition) is 1. The lowest BCUT2D eigenvalue weighted by Gasteiger charge is -2.23. The van der Waals surface area contributed by atoms with Crippen LogP contribution in [0.1, 0.15) is 28.9 Å². The molecule has 110 valence electrons. The Labute approximate surface area is 128 Å². The highest BCUT2D eigenvalue weighted by atomic mass is 35.5. The molecule has 1 saturated heterocycles. The Morgan fingerprint density at radius 3 is 3.10 bits per heavy atom. The summed E-state index contributed by atoms with van der Waals surface area (Å²) in [6.07, 6.45) is 1.93. The van der Waals surface area contributed by atoms with Crippen LogP contribution in [0.25, 0.3) is 10.9 Å². The van der Waals surface area contributed by atoms with Gasteiger partial charge in [0.1, 0.15) is 0 Å². The van der Waals surface area contributed by atoms with Crippen LogP contribution < -0.4 is 5.32 Å². The Morgan fingerprint density at radius 1 is 1.48 bits per heavy atom. The zero-order valence-corrected chi connectivity index (χ0v) is 12.6. The maximum atomic E-state index is 12.6. The number of nitrogens with zero attached hydrogens (tertiary/aromatic N) is 1. The molecule has 0 bridgehead atoms. The zero-order chi connectivity index (χ0) is 14.8. The van der Waals surface area contributed by atoms with Crippen molar-refractivity contribution < 1.29 is 9.53 Å². The standard InChI is InChI=1S/C16H17ClN2O2/c1-10-8-13(12-5-2-6-14(17)15(12)18-10)16(20)19-11-4-3-7-21-9-11/h2,5-6,8,11H,3-4,7,9H2,1H3,(H,19,20)/t11-/m1/s1. The van der Waals surface area contributed by atoms with Gasteiger partial charge in [-0.25, -0.2) is 0 Å². The predicted octanol–water partition coefficient (Wildman–Crippen LogP) is 3.11. The third-order valence-electron chi connectivity index (χ3n) is 3.66. The molecular formula is C16H17ClN2O2. The lowest BCUT2D eigenvalue weighted by molar-refractivity contribution is 0.0625. The fourth-order valence-corrected chi connectivity index (χ4v) is 2.86. The molecule has 0 radical (unpaired) electrons. The lowest BCUT2D eigenvalue weighted by atomic mass is 10.1. The van der Waals surface area contributed by atoms with E-state index in [0.717, 1.165) is 30.5 Å². The number of carbonyl (C=O) groups is 1. The maximum Gasteiger partial charge on any atom is 0.252 e. The number of aryl methyl sites for hydroxylation is 1. The highest BCUT2D eigenvalue weighted by Crippen LogP contribution is 2.25. The van der Waals surface area contributed by atoms with Gasteiger partial charge in [-0.2, -0.15) is 0 Å². The van der Waals surface area contributed by atoms with E-state index in [1.54, 1.807) is 12.1 Å². The summed E-state index contributed by atoms with van der Waals surface area (Å²) >= 11 is 6.18. The fraction of sp³-hybridized carbons (Fsp3) is 0.375. The Hall–Kier alpha value is -1.65. The zero-order valence-electron chi connectivity index (χ0n) is 11.9. The van der Waals surface area contributed by atoms with Crippen LogP contribution in [-0.2, 0) is 4.74 Å². The van der Waals surface area contributed by atoms with E-state index in [0.29, 0.717) is 22.7 Å². The van der Waals surface area contributed by atoms with Crippen molar-refractivity contribution >= 4 is 28.4 Å². The number of pyridine rings is 1. The normalized spacial score (nSPS) is 18.7. The van der Waals surface area contributed by atoms with Gasteiger partial charge in [-0.05, 0) is 31.9 Å². The Morgan fingerprint density at radius 2 is 2.33 bits per heavy atom. The number of fused-ring (bicyclic) bond motifs is 1. The summed E-state index contributed by atoms with van der Waals surface area (Å²) in [5.74, 6) is -0.0942. The van der Waals surface area contributed by atoms with Crippen LogP contribution >= 0.6 is 11.6 Å². The van der Waals surface area contributed by atoms with Crippen LogP contribution in [0.5, 0.6) is 0 Å². The molecule has 1 fully saturated rings. The van der Waals surface area contributed by atoms with Crippen molar-refractivity contribution in [3.63, 3.8) is 0 Å². The second-order valence-corrected chi connectivity index (χ2v) is 5.74. The third kappa shape index (κ3) is 3.01. The molecular weight excluding hydrogens is 288 g/mol. The number of aromatic nitrogens is 1. The van der Waals surface area contributed by atoms with Gasteiger partial charge in [0.2, 0.25) is 0 Å². The van der Waals surface area contributed by atoms with Crippen molar-refractivity contribution in [3.05, 3.63) is 40.5 Å². The van der Waals surface area contributed by atoms with E-state index in [4.69, 9.17) is 16.3 Å². The summed E-state index contributed by atoms with van der Waals surface area (Å²) in [6.45, 7) is 3.22. The highest BCUT2D eigenvalue weighted by Gasteiger charge is 2.19. The molecule has 1 aromatic carbocycles. The van der Waals surface area contributed by atoms with E-state index < -0.39 is 0 Å². The number of amides is 1. The van der Waals surface area contributed by atoms with Crippen LogP contribution in [0, 0.1) is 6.92 Å². The molecule has 1 amide bonds. The molecule has 0 unspecified atom stereocenters. The first kappa shape index (κ1) is 14.3. The average Bonchev–Trinajstić information content (AvgIpc) is 2.48. The number of para-hydroxylation sites is 1. The Balaban J connectivity index is 1.95. The molecule has 1 aliphatic rings. The Kier molecular flexibility index (Phi) is 4.08. The first-order valence-electron chi connectivity index (χ1n) is 7.09. The summed E-state index contributed by atoms with van der Waals surface area (Å²) in [4.78, 5) is 17.0. The molecule has 5 heteroatoms. The van der Waals surface area contributed by atoms with Crippen LogP contribution in [0.15, 0.2) is 24.3 Å². The largest absolute Gasteiger partial charge is 0.379 e. The van der Waals surface area contributed by atoms with E-state index >= 15 is 0 Å². The quantitative estimate of drug-likeness (QED) is 0.927. The van der Waals surface area contributed by atoms with Gasteiger partial charge >= 0.3 is 0 Å². The van der Waals surface area contributed by atoms with E-state index in [9.17, 15) is 4.79 Å². The van der Waals surface area contributed by atoms with Crippen LogP contribution in [-0.4, -0.2) is 30.1 Å². The molecule has 1 aromatic heterocycles. The number of hydrogen-bond acceptors (Lipinski definition) is 3. The molecule has 0 aliphatic carbocycles. The molecule has 1 N–H and O–H groups in total. The van der Waals surface area contributed by atoms with E-state index in [1.807, 2.05) is 19.1 Å². The van der Waals surface area contributed by atoms with E-state index in [1.165, 1.54) is 0 Å². The monoisotopic (exact) mass is 304 g/mol. The van der Waals surface area contributed by atoms with Crippen molar-refractivity contribution in [1.82, 2.24) is 10.3 Å². The van der Waals surface area contributed by atoms with Crippen LogP contribution in [0.3, 0.4) is 0 Å². The Bertz CT molecular complexity index is 681. The summed E-state index contributed by atoms with van der Waals surface area (Å²) in [6, 6.07) is 7.38. The number of rotatable bonds is 2. The van der Waals surface area contributed by atoms with Gasteiger partial charge in [-0.1, -0.05) is 23.7 Å². The minimum absolute atomic E-state index is 0.0777. The topological polar surface area (TPSA) is 51.2 Å². The molecule has 2 heterocycles. The van der Waals surface area contributed by atoms with Crippen molar-refractivity contribution in [1.29, 1.82) is 0 Å². The first-order valence-corrected chi connectivity index (χ1v) is 7.47. The van der Waals surface area contributed by atoms with Crippen molar-refractivity contribution in [2.75, 3.05) is 13.2 Å². The molecule has 1 atom stereocenters. The number of benzene rings is 1. The van der Waals surface area contributed by atoms with Gasteiger partial charge in [-0.3, -0.25) is 9.78 Å². The molecule has 21 heavy (non-hydrogen) atoms. The van der Waals surface area contributed by atoms with Crippen LogP contribution in [0.4, 0.5) is 0 Å². The second-order valence-electron chi connectivity index (χ2n) is 5.33. The summed E-state index contributed by atoms with van der Waals surface area (Å²) < 4.78 is 5.40. The molecule has 1 aliphatic heterocycles. The average molecular weight is 305 g/mol. The third-order valence-corrected chi connectivity index (χ3v) is 3.96. The SMILES string of the molecule is Cc1cc(C(=O)N[C@@H]2CCCOC2)c2cccc(Cl)c2n1. The summed E-state index contributed by atoms with van der Waals surface area (Å²) in [7, 11) is 0. The minimum atomic E-state index is -0.0942. The minimum Gasteiger partial charge on any atom is -0.379 e. The van der Waals surface area contributed by atoms with Crippen molar-refractivity contribution in [2.24, 2.45) is 0 Å². The van der Waals surface area contributed by atoms with Gasteiger partial charge in [0, 0.05) is 17.7 Å². The predicted molar refractivity (Wildman–Crippen MR) is 82.8 cm³/mol. The second kappa shape index (κ2) is 6.00. The van der Waals surface area contributed by atoms with Gasteiger partial charge in [0.15, 0.2) is 0 Å². The van der Waals surface area contributed by atoms with E-state index in [-0.39, 0.29) is 11.9 Å². The van der Waals surface area contributed by atoms with Gasteiger partial charge < -0.3 is 10.1 Å². The fourth-order valence-electron chi connectivity index (χ4n) is 2.65. The molecule has 0 saturated carbocycles. The highest BCUT2D eigenvalue weighted by molar-refractivity contribution is 6.35. The number of nitrogens with one attached hydrogen (secondary N) is 1. The summed E-state index contributed by atoms with van der Waals surface area (Å²) in [5, 5.41) is 4.38. The van der Waals surface area contributed by atoms with Crippen molar-refractivity contribution in [3.8, 4) is 0 Å². The number of halogens is 1. The first-order chi connectivity index (χ1) is 10.1. The van der Waals surface area contributed by atoms with Gasteiger partial charge in [-0.15, -0.1) is 0 Å². The molecule has 3 rings (SSSR count). The van der Waals surface area contributed by atoms with Crippen molar-refractivity contribution in [2.45, 2.75) is 25.8 Å². The number of ether oxygens (including phenoxy) is 1. The van der Waals surface area contributed by atoms with Gasteiger partial charge in [0.25, 0.3) is 5.91 Å². The number of carbonyl (C=O) groups excluding carboxylic acids is 1.